The third-order valence-electron chi connectivity index (χ3n) is 6.81. The number of fused-ring (bicyclic) bond motifs is 1. The van der Waals surface area contributed by atoms with E-state index in [0.717, 1.165) is 12.1 Å². The van der Waals surface area contributed by atoms with Crippen LogP contribution in [0, 0.1) is 12.8 Å². The molecule has 1 atom stereocenters. The minimum absolute atomic E-state index is 0.186. The summed E-state index contributed by atoms with van der Waals surface area (Å²) in [6.07, 6.45) is -2.92. The smallest absolute Gasteiger partial charge is 0.416 e. The molecule has 4 rings (SSSR count). The highest BCUT2D eigenvalue weighted by Crippen LogP contribution is 2.36. The molecule has 1 amide bonds. The Bertz CT molecular complexity index is 1350. The Balaban J connectivity index is 1.68. The molecular formula is C26H25Cl2F3N2O3. The molecule has 2 heterocycles. The number of methoxy groups -OCH3 is 1. The van der Waals surface area contributed by atoms with E-state index in [2.05, 4.69) is 0 Å². The fourth-order valence-electron chi connectivity index (χ4n) is 4.79. The summed E-state index contributed by atoms with van der Waals surface area (Å²) in [5.74, 6) is -1.05. The van der Waals surface area contributed by atoms with Crippen molar-refractivity contribution in [1.29, 1.82) is 0 Å². The maximum absolute atomic E-state index is 13.3. The van der Waals surface area contributed by atoms with Crippen LogP contribution in [0.5, 0.6) is 0 Å². The molecule has 5 nitrogen and oxygen atoms in total. The topological polar surface area (TPSA) is 51.5 Å². The standard InChI is InChI=1S/C26H25Cl2F3N2O3/c1-14-9-16(26(29,30)31)10-22-19(14)11-17(32(22)2)12-20-21(27)7-6-18(23(20)28)24(34)33-8-4-5-15(13-33)25(35)36-3/h6-7,9-11,15H,4-5,8,12-13H2,1-3H3. The Morgan fingerprint density at radius 3 is 2.56 bits per heavy atom. The van der Waals surface area contributed by atoms with Crippen LogP contribution in [0.4, 0.5) is 13.2 Å². The fraction of sp³-hybridized carbons (Fsp3) is 0.385. The van der Waals surface area contributed by atoms with Crippen molar-refractivity contribution in [3.8, 4) is 0 Å². The van der Waals surface area contributed by atoms with E-state index in [1.807, 2.05) is 6.07 Å². The number of aryl methyl sites for hydroxylation is 2. The molecule has 0 N–H and O–H groups in total. The van der Waals surface area contributed by atoms with Crippen LogP contribution in [0.1, 0.15) is 45.6 Å². The van der Waals surface area contributed by atoms with Crippen molar-refractivity contribution in [3.63, 3.8) is 0 Å². The van der Waals surface area contributed by atoms with Crippen LogP contribution >= 0.6 is 23.2 Å². The van der Waals surface area contributed by atoms with Crippen molar-refractivity contribution in [1.82, 2.24) is 9.47 Å². The van der Waals surface area contributed by atoms with E-state index in [1.54, 1.807) is 35.6 Å². The summed E-state index contributed by atoms with van der Waals surface area (Å²) in [5, 5.41) is 1.23. The van der Waals surface area contributed by atoms with E-state index in [1.165, 1.54) is 7.11 Å². The Labute approximate surface area is 216 Å². The first-order chi connectivity index (χ1) is 16.9. The number of esters is 1. The van der Waals surface area contributed by atoms with Crippen LogP contribution in [-0.2, 0) is 29.2 Å². The second-order valence-corrected chi connectivity index (χ2v) is 9.88. The van der Waals surface area contributed by atoms with Gasteiger partial charge in [-0.15, -0.1) is 0 Å². The van der Waals surface area contributed by atoms with E-state index in [0.29, 0.717) is 52.1 Å². The first kappa shape index (κ1) is 26.4. The third-order valence-corrected chi connectivity index (χ3v) is 7.60. The quantitative estimate of drug-likeness (QED) is 0.358. The second kappa shape index (κ2) is 9.98. The highest BCUT2D eigenvalue weighted by Gasteiger charge is 2.32. The van der Waals surface area contributed by atoms with E-state index in [4.69, 9.17) is 27.9 Å². The number of hydrogen-bond acceptors (Lipinski definition) is 3. The summed E-state index contributed by atoms with van der Waals surface area (Å²) in [4.78, 5) is 26.9. The lowest BCUT2D eigenvalue weighted by molar-refractivity contribution is -0.146. The Morgan fingerprint density at radius 1 is 1.17 bits per heavy atom. The zero-order chi connectivity index (χ0) is 26.4. The molecule has 0 saturated carbocycles. The van der Waals surface area contributed by atoms with Crippen LogP contribution in [0.15, 0.2) is 30.3 Å². The fourth-order valence-corrected chi connectivity index (χ4v) is 5.38. The molecule has 0 bridgehead atoms. The number of halogens is 5. The number of aromatic nitrogens is 1. The molecule has 3 aromatic rings. The van der Waals surface area contributed by atoms with E-state index in [9.17, 15) is 22.8 Å². The van der Waals surface area contributed by atoms with Crippen molar-refractivity contribution in [3.05, 3.63) is 68.3 Å². The van der Waals surface area contributed by atoms with Crippen LogP contribution in [0.2, 0.25) is 10.0 Å². The van der Waals surface area contributed by atoms with E-state index >= 15 is 0 Å². The first-order valence-electron chi connectivity index (χ1n) is 11.4. The average molecular weight is 541 g/mol. The van der Waals surface area contributed by atoms with Crippen molar-refractivity contribution in [2.75, 3.05) is 20.2 Å². The normalized spacial score (nSPS) is 16.4. The molecule has 0 aliphatic carbocycles. The minimum Gasteiger partial charge on any atom is -0.469 e. The molecule has 10 heteroatoms. The lowest BCUT2D eigenvalue weighted by Crippen LogP contribution is -2.42. The van der Waals surface area contributed by atoms with Crippen LogP contribution in [0.3, 0.4) is 0 Å². The van der Waals surface area contributed by atoms with Gasteiger partial charge in [0.2, 0.25) is 0 Å². The SMILES string of the molecule is COC(=O)C1CCCN(C(=O)c2ccc(Cl)c(Cc3cc4c(C)cc(C(F)(F)F)cc4n3C)c2Cl)C1. The summed E-state index contributed by atoms with van der Waals surface area (Å²) >= 11 is 13.2. The first-order valence-corrected chi connectivity index (χ1v) is 12.2. The Morgan fingerprint density at radius 2 is 1.89 bits per heavy atom. The number of amides is 1. The predicted molar refractivity (Wildman–Crippen MR) is 133 cm³/mol. The van der Waals surface area contributed by atoms with Gasteiger partial charge < -0.3 is 14.2 Å². The summed E-state index contributed by atoms with van der Waals surface area (Å²) in [5.41, 5.74) is 1.70. The van der Waals surface area contributed by atoms with Gasteiger partial charge >= 0.3 is 12.1 Å². The molecule has 1 saturated heterocycles. The van der Waals surface area contributed by atoms with Gasteiger partial charge in [0.25, 0.3) is 5.91 Å². The van der Waals surface area contributed by atoms with Gasteiger partial charge in [0.05, 0.1) is 29.2 Å². The lowest BCUT2D eigenvalue weighted by Gasteiger charge is -2.31. The second-order valence-electron chi connectivity index (χ2n) is 9.10. The maximum atomic E-state index is 13.3. The van der Waals surface area contributed by atoms with Gasteiger partial charge in [-0.1, -0.05) is 23.2 Å². The molecule has 0 radical (unpaired) electrons. The summed E-state index contributed by atoms with van der Waals surface area (Å²) in [6, 6.07) is 7.22. The number of rotatable bonds is 4. The number of likely N-dealkylation sites (tertiary alicyclic amines) is 1. The molecule has 2 aromatic carbocycles. The number of alkyl halides is 3. The molecular weight excluding hydrogens is 516 g/mol. The summed E-state index contributed by atoms with van der Waals surface area (Å²) in [6.45, 7) is 2.37. The number of carbonyl (C=O) groups excluding carboxylic acids is 2. The highest BCUT2D eigenvalue weighted by molar-refractivity contribution is 6.38. The number of benzene rings is 2. The van der Waals surface area contributed by atoms with Crippen LogP contribution in [-0.4, -0.2) is 41.5 Å². The van der Waals surface area contributed by atoms with Crippen molar-refractivity contribution in [2.45, 2.75) is 32.4 Å². The van der Waals surface area contributed by atoms with Gasteiger partial charge in [0.15, 0.2) is 0 Å². The summed E-state index contributed by atoms with van der Waals surface area (Å²) < 4.78 is 46.5. The number of hydrogen-bond donors (Lipinski definition) is 0. The van der Waals surface area contributed by atoms with Gasteiger partial charge in [0, 0.05) is 48.2 Å². The molecule has 36 heavy (non-hydrogen) atoms. The maximum Gasteiger partial charge on any atom is 0.416 e. The molecule has 0 spiro atoms. The number of carbonyl (C=O) groups is 2. The van der Waals surface area contributed by atoms with Gasteiger partial charge in [-0.05, 0) is 61.2 Å². The van der Waals surface area contributed by atoms with Crippen molar-refractivity contribution < 1.29 is 27.5 Å². The van der Waals surface area contributed by atoms with Crippen molar-refractivity contribution in [2.24, 2.45) is 13.0 Å². The zero-order valence-electron chi connectivity index (χ0n) is 20.0. The van der Waals surface area contributed by atoms with Gasteiger partial charge in [-0.3, -0.25) is 9.59 Å². The highest BCUT2D eigenvalue weighted by atomic mass is 35.5. The van der Waals surface area contributed by atoms with Crippen LogP contribution in [0.25, 0.3) is 10.9 Å². The lowest BCUT2D eigenvalue weighted by atomic mass is 9.97. The third kappa shape index (κ3) is 4.93. The molecule has 1 aliphatic heterocycles. The average Bonchev–Trinajstić information content (AvgIpc) is 3.16. The van der Waals surface area contributed by atoms with Gasteiger partial charge in [-0.2, -0.15) is 13.2 Å². The minimum atomic E-state index is -4.45. The van der Waals surface area contributed by atoms with E-state index in [-0.39, 0.29) is 41.3 Å². The van der Waals surface area contributed by atoms with Crippen molar-refractivity contribution >= 4 is 46.0 Å². The number of ether oxygens (including phenoxy) is 1. The van der Waals surface area contributed by atoms with Gasteiger partial charge in [-0.25, -0.2) is 0 Å². The Kier molecular flexibility index (Phi) is 7.30. The number of piperidine rings is 1. The molecule has 192 valence electrons. The van der Waals surface area contributed by atoms with E-state index < -0.39 is 11.7 Å². The molecule has 1 fully saturated rings. The predicted octanol–water partition coefficient (Wildman–Crippen LogP) is 6.43. The largest absolute Gasteiger partial charge is 0.469 e. The zero-order valence-corrected chi connectivity index (χ0v) is 21.5. The number of nitrogens with zero attached hydrogens (tertiary/aromatic N) is 2. The summed E-state index contributed by atoms with van der Waals surface area (Å²) in [7, 11) is 3.01. The van der Waals surface area contributed by atoms with Gasteiger partial charge in [0.1, 0.15) is 0 Å². The molecule has 1 aliphatic rings. The Hall–Kier alpha value is -2.71. The monoisotopic (exact) mass is 540 g/mol. The molecule has 1 aromatic heterocycles. The van der Waals surface area contributed by atoms with Crippen LogP contribution < -0.4 is 0 Å². The molecule has 1 unspecified atom stereocenters.